The lowest BCUT2D eigenvalue weighted by atomic mass is 10.00. The highest BCUT2D eigenvalue weighted by Crippen LogP contribution is 2.28. The molecule has 0 unspecified atom stereocenters. The second-order valence-electron chi connectivity index (χ2n) is 6.99. The quantitative estimate of drug-likeness (QED) is 0.912. The van der Waals surface area contributed by atoms with Gasteiger partial charge in [-0.15, -0.1) is 0 Å². The highest BCUT2D eigenvalue weighted by molar-refractivity contribution is 5.93. The van der Waals surface area contributed by atoms with Crippen LogP contribution in [0.25, 0.3) is 0 Å². The minimum Gasteiger partial charge on any atom is -0.357 e. The van der Waals surface area contributed by atoms with Gasteiger partial charge in [-0.3, -0.25) is 14.4 Å². The Hall–Kier alpha value is -2.08. The minimum absolute atomic E-state index is 0.0912. The average molecular weight is 329 g/mol. The van der Waals surface area contributed by atoms with E-state index in [2.05, 4.69) is 35.9 Å². The van der Waals surface area contributed by atoms with Gasteiger partial charge in [-0.2, -0.15) is 5.10 Å². The lowest BCUT2D eigenvalue weighted by Crippen LogP contribution is -2.48. The summed E-state index contributed by atoms with van der Waals surface area (Å²) in [6.07, 6.45) is 7.59. The van der Waals surface area contributed by atoms with E-state index in [0.717, 1.165) is 19.4 Å². The third-order valence-electron chi connectivity index (χ3n) is 5.14. The van der Waals surface area contributed by atoms with Crippen molar-refractivity contribution < 1.29 is 4.79 Å². The normalized spacial score (nSPS) is 21.2. The summed E-state index contributed by atoms with van der Waals surface area (Å²) in [5.74, 6) is 0.0912. The molecule has 0 radical (unpaired) electrons. The van der Waals surface area contributed by atoms with Gasteiger partial charge >= 0.3 is 0 Å². The van der Waals surface area contributed by atoms with Gasteiger partial charge in [0.2, 0.25) is 0 Å². The van der Waals surface area contributed by atoms with Gasteiger partial charge < -0.3 is 9.88 Å². The van der Waals surface area contributed by atoms with Crippen LogP contribution in [0.4, 0.5) is 0 Å². The number of hydrogen-bond acceptors (Lipinski definition) is 3. The number of hydrogen-bond donors (Lipinski definition) is 1. The van der Waals surface area contributed by atoms with Crippen molar-refractivity contribution in [3.63, 3.8) is 0 Å². The second kappa shape index (κ2) is 6.81. The van der Waals surface area contributed by atoms with E-state index in [-0.39, 0.29) is 11.9 Å². The van der Waals surface area contributed by atoms with Gasteiger partial charge in [-0.05, 0) is 51.4 Å². The molecule has 24 heavy (non-hydrogen) atoms. The van der Waals surface area contributed by atoms with Gasteiger partial charge in [0.05, 0.1) is 12.2 Å². The number of H-pyrrole nitrogens is 1. The van der Waals surface area contributed by atoms with Crippen molar-refractivity contribution in [2.45, 2.75) is 44.8 Å². The first kappa shape index (κ1) is 16.8. The summed E-state index contributed by atoms with van der Waals surface area (Å²) in [5, 5.41) is 4.28. The zero-order chi connectivity index (χ0) is 17.3. The maximum Gasteiger partial charge on any atom is 0.270 e. The largest absolute Gasteiger partial charge is 0.357 e. The van der Waals surface area contributed by atoms with Crippen LogP contribution in [0.5, 0.6) is 0 Å². The highest BCUT2D eigenvalue weighted by Gasteiger charge is 2.40. The molecule has 3 heterocycles. The molecule has 2 atom stereocenters. The van der Waals surface area contributed by atoms with Crippen molar-refractivity contribution in [3.8, 4) is 0 Å². The molecule has 1 saturated heterocycles. The lowest BCUT2D eigenvalue weighted by Gasteiger charge is -2.35. The Balaban J connectivity index is 1.85. The van der Waals surface area contributed by atoms with Crippen molar-refractivity contribution in [2.24, 2.45) is 7.05 Å². The number of aromatic nitrogens is 3. The maximum absolute atomic E-state index is 12.9. The number of nitrogens with one attached hydrogen (secondary N) is 1. The molecule has 1 aliphatic rings. The summed E-state index contributed by atoms with van der Waals surface area (Å²) >= 11 is 0. The fourth-order valence-corrected chi connectivity index (χ4v) is 3.63. The van der Waals surface area contributed by atoms with Crippen LogP contribution in [0.2, 0.25) is 0 Å². The summed E-state index contributed by atoms with van der Waals surface area (Å²) in [6.45, 7) is 5.21. The zero-order valence-electron chi connectivity index (χ0n) is 14.9. The Labute approximate surface area is 143 Å². The van der Waals surface area contributed by atoms with E-state index in [1.165, 1.54) is 5.56 Å². The summed E-state index contributed by atoms with van der Waals surface area (Å²) < 4.78 is 1.82. The monoisotopic (exact) mass is 329 g/mol. The molecule has 1 aliphatic heterocycles. The zero-order valence-corrected chi connectivity index (χ0v) is 14.9. The van der Waals surface area contributed by atoms with Crippen LogP contribution in [0.3, 0.4) is 0 Å². The molecule has 1 amide bonds. The fourth-order valence-electron chi connectivity index (χ4n) is 3.63. The van der Waals surface area contributed by atoms with E-state index in [4.69, 9.17) is 0 Å². The molecular formula is C18H27N5O. The molecule has 1 N–H and O–H groups in total. The van der Waals surface area contributed by atoms with Crippen molar-refractivity contribution in [1.82, 2.24) is 24.6 Å². The van der Waals surface area contributed by atoms with Gasteiger partial charge in [0.1, 0.15) is 5.69 Å². The molecule has 3 rings (SSSR count). The number of nitrogens with zero attached hydrogens (tertiary/aromatic N) is 4. The van der Waals surface area contributed by atoms with E-state index < -0.39 is 0 Å². The summed E-state index contributed by atoms with van der Waals surface area (Å²) in [6, 6.07) is 4.70. The standard InChI is InChI=1S/C18H27N5O/c1-13(2)22(4)16-7-9-23(18(24)15-6-5-8-19-15)17(16)10-14-11-20-21(3)12-14/h5-6,8,11-13,16-17,19H,7,9-10H2,1-4H3/t16-,17+/m1/s1. The molecule has 2 aromatic rings. The van der Waals surface area contributed by atoms with E-state index in [1.807, 2.05) is 41.2 Å². The lowest BCUT2D eigenvalue weighted by molar-refractivity contribution is 0.0675. The van der Waals surface area contributed by atoms with Crippen LogP contribution in [0, 0.1) is 0 Å². The van der Waals surface area contributed by atoms with E-state index >= 15 is 0 Å². The van der Waals surface area contributed by atoms with Crippen molar-refractivity contribution >= 4 is 5.91 Å². The van der Waals surface area contributed by atoms with Crippen LogP contribution < -0.4 is 0 Å². The third kappa shape index (κ3) is 3.24. The second-order valence-corrected chi connectivity index (χ2v) is 6.99. The van der Waals surface area contributed by atoms with Crippen LogP contribution in [-0.4, -0.2) is 62.2 Å². The molecule has 0 aliphatic carbocycles. The number of carbonyl (C=O) groups excluding carboxylic acids is 1. The number of amides is 1. The molecule has 6 heteroatoms. The van der Waals surface area contributed by atoms with Crippen LogP contribution in [-0.2, 0) is 13.5 Å². The summed E-state index contributed by atoms with van der Waals surface area (Å²) in [5.41, 5.74) is 1.84. The number of carbonyl (C=O) groups is 1. The number of aryl methyl sites for hydroxylation is 1. The minimum atomic E-state index is 0.0912. The molecule has 0 saturated carbocycles. The number of likely N-dealkylation sites (N-methyl/N-ethyl adjacent to an activating group) is 1. The predicted octanol–water partition coefficient (Wildman–Crippen LogP) is 1.91. The van der Waals surface area contributed by atoms with Crippen LogP contribution in [0.1, 0.15) is 36.3 Å². The topological polar surface area (TPSA) is 57.2 Å². The van der Waals surface area contributed by atoms with Crippen molar-refractivity contribution in [1.29, 1.82) is 0 Å². The maximum atomic E-state index is 12.9. The highest BCUT2D eigenvalue weighted by atomic mass is 16.2. The van der Waals surface area contributed by atoms with Crippen molar-refractivity contribution in [3.05, 3.63) is 42.0 Å². The van der Waals surface area contributed by atoms with Crippen LogP contribution >= 0.6 is 0 Å². The first-order valence-corrected chi connectivity index (χ1v) is 8.61. The first-order valence-electron chi connectivity index (χ1n) is 8.61. The van der Waals surface area contributed by atoms with Crippen LogP contribution in [0.15, 0.2) is 30.7 Å². The molecule has 0 bridgehead atoms. The number of aromatic amines is 1. The van der Waals surface area contributed by atoms with Gasteiger partial charge in [0.15, 0.2) is 0 Å². The summed E-state index contributed by atoms with van der Waals surface area (Å²) in [7, 11) is 4.09. The Morgan fingerprint density at radius 1 is 1.50 bits per heavy atom. The number of rotatable bonds is 5. The number of likely N-dealkylation sites (tertiary alicyclic amines) is 1. The Morgan fingerprint density at radius 2 is 2.29 bits per heavy atom. The van der Waals surface area contributed by atoms with Gasteiger partial charge in [0.25, 0.3) is 5.91 Å². The molecule has 0 spiro atoms. The molecular weight excluding hydrogens is 302 g/mol. The Morgan fingerprint density at radius 3 is 2.88 bits per heavy atom. The SMILES string of the molecule is CC(C)N(C)[C@@H]1CCN(C(=O)c2ccc[nH]2)[C@H]1Cc1cnn(C)c1. The molecule has 6 nitrogen and oxygen atoms in total. The van der Waals surface area contributed by atoms with Gasteiger partial charge in [0, 0.05) is 38.1 Å². The predicted molar refractivity (Wildman–Crippen MR) is 93.8 cm³/mol. The van der Waals surface area contributed by atoms with Gasteiger partial charge in [-0.25, -0.2) is 0 Å². The third-order valence-corrected chi connectivity index (χ3v) is 5.14. The molecule has 1 fully saturated rings. The Kier molecular flexibility index (Phi) is 4.76. The van der Waals surface area contributed by atoms with Gasteiger partial charge in [-0.1, -0.05) is 0 Å². The first-order chi connectivity index (χ1) is 11.5. The average Bonchev–Trinajstić information content (AvgIpc) is 3.27. The van der Waals surface area contributed by atoms with E-state index in [1.54, 1.807) is 6.20 Å². The summed E-state index contributed by atoms with van der Waals surface area (Å²) in [4.78, 5) is 20.4. The van der Waals surface area contributed by atoms with E-state index in [0.29, 0.717) is 17.8 Å². The Bertz CT molecular complexity index is 675. The van der Waals surface area contributed by atoms with E-state index in [9.17, 15) is 4.79 Å². The smallest absolute Gasteiger partial charge is 0.270 e. The molecule has 130 valence electrons. The molecule has 2 aromatic heterocycles. The van der Waals surface area contributed by atoms with Crippen molar-refractivity contribution in [2.75, 3.05) is 13.6 Å². The molecule has 0 aromatic carbocycles. The fraction of sp³-hybridized carbons (Fsp3) is 0.556.